The molecule has 0 aliphatic rings. The Bertz CT molecular complexity index is 440. The predicted octanol–water partition coefficient (Wildman–Crippen LogP) is 1.60. The Morgan fingerprint density at radius 2 is 1.90 bits per heavy atom. The van der Waals surface area contributed by atoms with Crippen molar-refractivity contribution >= 4 is 7.85 Å². The van der Waals surface area contributed by atoms with Crippen LogP contribution in [-0.2, 0) is 0 Å². The molecule has 8 heteroatoms. The van der Waals surface area contributed by atoms with Crippen molar-refractivity contribution in [1.82, 2.24) is 4.90 Å². The van der Waals surface area contributed by atoms with Crippen molar-refractivity contribution in [3.63, 3.8) is 0 Å². The van der Waals surface area contributed by atoms with E-state index in [1.165, 1.54) is 13.0 Å². The van der Waals surface area contributed by atoms with Crippen LogP contribution in [0.3, 0.4) is 0 Å². The van der Waals surface area contributed by atoms with Gasteiger partial charge in [0.1, 0.15) is 13.5 Å². The Kier molecular flexibility index (Phi) is 7.95. The molecule has 0 N–H and O–H groups in total. The van der Waals surface area contributed by atoms with Crippen LogP contribution in [0.15, 0.2) is 35.8 Å². The van der Waals surface area contributed by atoms with Crippen molar-refractivity contribution in [2.24, 2.45) is 0 Å². The molecule has 0 fully saturated rings. The molecular formula is C12H20BN3O4. The van der Waals surface area contributed by atoms with Crippen LogP contribution >= 0.6 is 0 Å². The summed E-state index contributed by atoms with van der Waals surface area (Å²) in [4.78, 5) is 22.4. The lowest BCUT2D eigenvalue weighted by molar-refractivity contribution is -0.432. The van der Waals surface area contributed by atoms with Crippen molar-refractivity contribution in [3.05, 3.63) is 56.1 Å². The average Bonchev–Trinajstić information content (AvgIpc) is 2.38. The summed E-state index contributed by atoms with van der Waals surface area (Å²) in [5.41, 5.74) is -0.442. The summed E-state index contributed by atoms with van der Waals surface area (Å²) >= 11 is 0. The number of nitrogens with zero attached hydrogens (tertiary/aromatic N) is 3. The fourth-order valence-electron chi connectivity index (χ4n) is 1.71. The molecule has 0 aliphatic carbocycles. The summed E-state index contributed by atoms with van der Waals surface area (Å²) in [6.45, 7) is 8.40. The first-order valence-corrected chi connectivity index (χ1v) is 6.49. The highest BCUT2D eigenvalue weighted by Gasteiger charge is 2.23. The maximum Gasteiger partial charge on any atom is 0.298 e. The second kappa shape index (κ2) is 8.90. The van der Waals surface area contributed by atoms with Crippen LogP contribution in [0.1, 0.15) is 20.3 Å². The van der Waals surface area contributed by atoms with Crippen molar-refractivity contribution in [2.45, 2.75) is 26.6 Å². The molecule has 0 rings (SSSR count). The Balaban J connectivity index is 5.46. The monoisotopic (exact) mass is 281 g/mol. The first-order valence-electron chi connectivity index (χ1n) is 6.49. The van der Waals surface area contributed by atoms with Crippen LogP contribution < -0.4 is 0 Å². The van der Waals surface area contributed by atoms with E-state index in [1.54, 1.807) is 4.90 Å². The highest BCUT2D eigenvalue weighted by atomic mass is 16.6. The first kappa shape index (κ1) is 17.9. The molecule has 0 atom stereocenters. The molecule has 0 aromatic heterocycles. The van der Waals surface area contributed by atoms with Gasteiger partial charge < -0.3 is 4.90 Å². The molecule has 0 heterocycles. The molecule has 0 amide bonds. The zero-order chi connectivity index (χ0) is 15.7. The zero-order valence-electron chi connectivity index (χ0n) is 12.2. The van der Waals surface area contributed by atoms with Gasteiger partial charge in [0.15, 0.2) is 0 Å². The molecule has 0 saturated carbocycles. The Hall–Kier alpha value is -2.12. The van der Waals surface area contributed by atoms with E-state index >= 15 is 0 Å². The smallest absolute Gasteiger partial charge is 0.298 e. The SMILES string of the molecule is BCCN(CCC)C(=C)/C(=C\C(=C/C)[N+](=O)[O-])[N+](=O)[O-]. The average molecular weight is 281 g/mol. The fraction of sp³-hybridized carbons (Fsp3) is 0.500. The molecule has 20 heavy (non-hydrogen) atoms. The summed E-state index contributed by atoms with van der Waals surface area (Å²) in [6.07, 6.45) is 3.81. The van der Waals surface area contributed by atoms with Crippen LogP contribution in [0.2, 0.25) is 6.32 Å². The minimum Gasteiger partial charge on any atom is -0.367 e. The topological polar surface area (TPSA) is 89.5 Å². The molecule has 0 unspecified atom stereocenters. The lowest BCUT2D eigenvalue weighted by Crippen LogP contribution is -2.27. The van der Waals surface area contributed by atoms with Gasteiger partial charge in [0.2, 0.25) is 0 Å². The summed E-state index contributed by atoms with van der Waals surface area (Å²) in [5.74, 6) is 0. The van der Waals surface area contributed by atoms with E-state index < -0.39 is 9.85 Å². The Morgan fingerprint density at radius 1 is 1.30 bits per heavy atom. The molecule has 0 radical (unpaired) electrons. The van der Waals surface area contributed by atoms with E-state index in [0.29, 0.717) is 13.1 Å². The van der Waals surface area contributed by atoms with E-state index in [0.717, 1.165) is 18.8 Å². The van der Waals surface area contributed by atoms with Gasteiger partial charge in [-0.2, -0.15) is 0 Å². The molecule has 0 bridgehead atoms. The molecular weight excluding hydrogens is 261 g/mol. The maximum atomic E-state index is 11.1. The highest BCUT2D eigenvalue weighted by Crippen LogP contribution is 2.17. The van der Waals surface area contributed by atoms with Crippen LogP contribution in [0.4, 0.5) is 0 Å². The lowest BCUT2D eigenvalue weighted by atomic mass is 10.0. The van der Waals surface area contributed by atoms with Gasteiger partial charge in [-0.15, -0.1) is 0 Å². The third-order valence-corrected chi connectivity index (χ3v) is 2.65. The third-order valence-electron chi connectivity index (χ3n) is 2.65. The van der Waals surface area contributed by atoms with Crippen LogP contribution in [0.25, 0.3) is 0 Å². The molecule has 0 aromatic carbocycles. The first-order chi connectivity index (χ1) is 9.38. The standard InChI is InChI=1S/C12H20BN3O4/c1-4-7-14(8-6-13)10(3)12(16(19)20)9-11(5-2)15(17)18/h5,9H,3-4,6-8,13H2,1-2H3/b11-5+,12-9+. The quantitative estimate of drug-likeness (QED) is 0.277. The van der Waals surface area contributed by atoms with Gasteiger partial charge in [-0.1, -0.05) is 19.8 Å². The molecule has 0 spiro atoms. The van der Waals surface area contributed by atoms with E-state index in [9.17, 15) is 20.2 Å². The van der Waals surface area contributed by atoms with E-state index in [-0.39, 0.29) is 17.1 Å². The van der Waals surface area contributed by atoms with Gasteiger partial charge in [0, 0.05) is 13.1 Å². The van der Waals surface area contributed by atoms with Gasteiger partial charge >= 0.3 is 0 Å². The number of nitro groups is 2. The van der Waals surface area contributed by atoms with E-state index in [4.69, 9.17) is 0 Å². The van der Waals surface area contributed by atoms with Crippen LogP contribution in [0.5, 0.6) is 0 Å². The molecule has 7 nitrogen and oxygen atoms in total. The maximum absolute atomic E-state index is 11.1. The van der Waals surface area contributed by atoms with E-state index in [1.807, 2.05) is 14.8 Å². The molecule has 0 aromatic rings. The van der Waals surface area contributed by atoms with Gasteiger partial charge in [0.05, 0.1) is 15.9 Å². The number of hydrogen-bond donors (Lipinski definition) is 0. The van der Waals surface area contributed by atoms with E-state index in [2.05, 4.69) is 6.58 Å². The minimum atomic E-state index is -0.652. The van der Waals surface area contributed by atoms with Gasteiger partial charge in [0.25, 0.3) is 11.4 Å². The molecule has 0 aliphatic heterocycles. The summed E-state index contributed by atoms with van der Waals surface area (Å²) < 4.78 is 0. The predicted molar refractivity (Wildman–Crippen MR) is 80.2 cm³/mol. The minimum absolute atomic E-state index is 0.208. The largest absolute Gasteiger partial charge is 0.367 e. The zero-order valence-corrected chi connectivity index (χ0v) is 12.2. The third kappa shape index (κ3) is 5.25. The van der Waals surface area contributed by atoms with Gasteiger partial charge in [-0.25, -0.2) is 0 Å². The number of hydrogen-bond acceptors (Lipinski definition) is 5. The summed E-state index contributed by atoms with van der Waals surface area (Å²) in [6, 6.07) is 0. The lowest BCUT2D eigenvalue weighted by Gasteiger charge is -2.23. The van der Waals surface area contributed by atoms with Crippen LogP contribution in [-0.4, -0.2) is 35.7 Å². The normalized spacial score (nSPS) is 12.1. The number of rotatable bonds is 9. The van der Waals surface area contributed by atoms with Crippen molar-refractivity contribution in [1.29, 1.82) is 0 Å². The Morgan fingerprint density at radius 3 is 2.25 bits per heavy atom. The Labute approximate surface area is 119 Å². The molecule has 0 saturated heterocycles. The van der Waals surface area contributed by atoms with Gasteiger partial charge in [-0.05, 0) is 19.4 Å². The van der Waals surface area contributed by atoms with Crippen LogP contribution in [0, 0.1) is 20.2 Å². The summed E-state index contributed by atoms with van der Waals surface area (Å²) in [5, 5.41) is 21.9. The summed E-state index contributed by atoms with van der Waals surface area (Å²) in [7, 11) is 1.96. The van der Waals surface area contributed by atoms with Gasteiger partial charge in [-0.3, -0.25) is 20.2 Å². The number of allylic oxidation sites excluding steroid dienone is 2. The second-order valence-corrected chi connectivity index (χ2v) is 4.19. The fourth-order valence-corrected chi connectivity index (χ4v) is 1.71. The van der Waals surface area contributed by atoms with Crippen molar-refractivity contribution < 1.29 is 9.85 Å². The van der Waals surface area contributed by atoms with Crippen molar-refractivity contribution in [2.75, 3.05) is 13.1 Å². The molecule has 110 valence electrons. The highest BCUT2D eigenvalue weighted by molar-refractivity contribution is 6.08. The second-order valence-electron chi connectivity index (χ2n) is 4.19. The van der Waals surface area contributed by atoms with Crippen molar-refractivity contribution in [3.8, 4) is 0 Å².